The van der Waals surface area contributed by atoms with E-state index in [1.165, 1.54) is 0 Å². The molecule has 0 bridgehead atoms. The van der Waals surface area contributed by atoms with Crippen molar-refractivity contribution in [3.05, 3.63) is 59.7 Å². The lowest BCUT2D eigenvalue weighted by Crippen LogP contribution is -2.44. The van der Waals surface area contributed by atoms with Crippen molar-refractivity contribution in [1.29, 1.82) is 0 Å². The Bertz CT molecular complexity index is 758. The van der Waals surface area contributed by atoms with E-state index in [2.05, 4.69) is 19.2 Å². The first-order valence-corrected chi connectivity index (χ1v) is 10.1. The van der Waals surface area contributed by atoms with Gasteiger partial charge in [0, 0.05) is 12.3 Å². The normalized spacial score (nSPS) is 13.2. The number of ether oxygens (including phenoxy) is 2. The molecule has 4 heteroatoms. The average Bonchev–Trinajstić information content (AvgIpc) is 2.66. The van der Waals surface area contributed by atoms with Crippen LogP contribution in [-0.2, 0) is 16.1 Å². The van der Waals surface area contributed by atoms with Crippen LogP contribution in [-0.4, -0.2) is 18.1 Å². The highest BCUT2D eigenvalue weighted by Crippen LogP contribution is 2.26. The minimum atomic E-state index is -0.833. The van der Waals surface area contributed by atoms with Crippen LogP contribution in [0.3, 0.4) is 0 Å². The summed E-state index contributed by atoms with van der Waals surface area (Å²) in [6.07, 6.45) is 1.56. The van der Waals surface area contributed by atoms with Gasteiger partial charge in [0.15, 0.2) is 0 Å². The second-order valence-corrected chi connectivity index (χ2v) is 7.89. The third-order valence-electron chi connectivity index (χ3n) is 4.57. The van der Waals surface area contributed by atoms with E-state index in [1.54, 1.807) is 0 Å². The van der Waals surface area contributed by atoms with Crippen molar-refractivity contribution >= 4 is 11.6 Å². The number of amides is 1. The number of carbonyl (C=O) groups excluding carboxylic acids is 1. The predicted molar refractivity (Wildman–Crippen MR) is 115 cm³/mol. The molecule has 0 heterocycles. The van der Waals surface area contributed by atoms with Gasteiger partial charge in [-0.3, -0.25) is 4.79 Å². The van der Waals surface area contributed by atoms with Crippen molar-refractivity contribution in [1.82, 2.24) is 0 Å². The van der Waals surface area contributed by atoms with Crippen molar-refractivity contribution in [3.8, 4) is 5.75 Å². The lowest BCUT2D eigenvalue weighted by Gasteiger charge is -2.30. The number of anilines is 1. The SMILES string of the molecule is CCCOC(C)(CC(C)C)C(=O)Nc1ccc(OCc2ccccc2)c(C)c1. The molecule has 1 N–H and O–H groups in total. The molecule has 0 aliphatic carbocycles. The topological polar surface area (TPSA) is 47.6 Å². The van der Waals surface area contributed by atoms with Crippen molar-refractivity contribution in [3.63, 3.8) is 0 Å². The fraction of sp³-hybridized carbons (Fsp3) is 0.458. The van der Waals surface area contributed by atoms with Gasteiger partial charge in [0.2, 0.25) is 0 Å². The maximum atomic E-state index is 12.9. The molecule has 2 rings (SSSR count). The number of hydrogen-bond acceptors (Lipinski definition) is 3. The summed E-state index contributed by atoms with van der Waals surface area (Å²) in [7, 11) is 0. The molecule has 0 aliphatic heterocycles. The van der Waals surface area contributed by atoms with E-state index in [4.69, 9.17) is 9.47 Å². The zero-order valence-electron chi connectivity index (χ0n) is 17.7. The van der Waals surface area contributed by atoms with Gasteiger partial charge in [0.1, 0.15) is 18.0 Å². The molecule has 0 saturated heterocycles. The zero-order chi connectivity index (χ0) is 20.6. The Balaban J connectivity index is 2.04. The summed E-state index contributed by atoms with van der Waals surface area (Å²) in [6, 6.07) is 15.8. The second-order valence-electron chi connectivity index (χ2n) is 7.89. The van der Waals surface area contributed by atoms with Gasteiger partial charge in [-0.1, -0.05) is 51.1 Å². The fourth-order valence-electron chi connectivity index (χ4n) is 3.21. The first-order valence-electron chi connectivity index (χ1n) is 10.1. The number of hydrogen-bond donors (Lipinski definition) is 1. The molecule has 2 aromatic carbocycles. The first-order chi connectivity index (χ1) is 13.3. The molecular formula is C24H33NO3. The Morgan fingerprint density at radius 2 is 1.86 bits per heavy atom. The highest BCUT2D eigenvalue weighted by molar-refractivity contribution is 5.97. The largest absolute Gasteiger partial charge is 0.489 e. The molecule has 0 fully saturated rings. The summed E-state index contributed by atoms with van der Waals surface area (Å²) in [5.41, 5.74) is 2.02. The Morgan fingerprint density at radius 3 is 2.46 bits per heavy atom. The first kappa shape index (κ1) is 22.0. The van der Waals surface area contributed by atoms with Crippen molar-refractivity contribution in [2.45, 2.75) is 59.7 Å². The summed E-state index contributed by atoms with van der Waals surface area (Å²) in [6.45, 7) is 11.2. The second kappa shape index (κ2) is 10.3. The molecule has 4 nitrogen and oxygen atoms in total. The highest BCUT2D eigenvalue weighted by Gasteiger charge is 2.35. The molecule has 152 valence electrons. The van der Waals surface area contributed by atoms with E-state index in [0.717, 1.165) is 29.0 Å². The standard InChI is InChI=1S/C24H33NO3/c1-6-14-28-24(5,16-18(2)3)23(26)25-21-12-13-22(19(4)15-21)27-17-20-10-8-7-9-11-20/h7-13,15,18H,6,14,16-17H2,1-5H3,(H,25,26). The molecule has 28 heavy (non-hydrogen) atoms. The van der Waals surface area contributed by atoms with Crippen LogP contribution in [0.2, 0.25) is 0 Å². The van der Waals surface area contributed by atoms with Gasteiger partial charge in [-0.15, -0.1) is 0 Å². The summed E-state index contributed by atoms with van der Waals surface area (Å²) < 4.78 is 11.8. The van der Waals surface area contributed by atoms with E-state index < -0.39 is 5.60 Å². The highest BCUT2D eigenvalue weighted by atomic mass is 16.5. The quantitative estimate of drug-likeness (QED) is 0.569. The minimum absolute atomic E-state index is 0.105. The molecular weight excluding hydrogens is 350 g/mol. The van der Waals surface area contributed by atoms with Gasteiger partial charge in [-0.25, -0.2) is 0 Å². The van der Waals surface area contributed by atoms with Crippen molar-refractivity contribution in [2.24, 2.45) is 5.92 Å². The van der Waals surface area contributed by atoms with E-state index >= 15 is 0 Å². The van der Waals surface area contributed by atoms with E-state index in [-0.39, 0.29) is 5.91 Å². The molecule has 0 aliphatic rings. The van der Waals surface area contributed by atoms with Crippen molar-refractivity contribution in [2.75, 3.05) is 11.9 Å². The third kappa shape index (κ3) is 6.38. The molecule has 0 saturated carbocycles. The van der Waals surface area contributed by atoms with Crippen LogP contribution in [0.15, 0.2) is 48.5 Å². The van der Waals surface area contributed by atoms with Gasteiger partial charge in [-0.2, -0.15) is 0 Å². The number of benzene rings is 2. The Kier molecular flexibility index (Phi) is 8.06. The van der Waals surface area contributed by atoms with Crippen molar-refractivity contribution < 1.29 is 14.3 Å². The zero-order valence-corrected chi connectivity index (χ0v) is 17.7. The molecule has 2 aromatic rings. The van der Waals surface area contributed by atoms with Crippen LogP contribution in [0, 0.1) is 12.8 Å². The summed E-state index contributed by atoms with van der Waals surface area (Å²) in [5.74, 6) is 1.07. The molecule has 0 radical (unpaired) electrons. The lowest BCUT2D eigenvalue weighted by atomic mass is 9.93. The van der Waals surface area contributed by atoms with Crippen LogP contribution < -0.4 is 10.1 Å². The van der Waals surface area contributed by atoms with E-state index in [9.17, 15) is 4.79 Å². The molecule has 1 amide bonds. The number of aryl methyl sites for hydroxylation is 1. The Labute approximate surface area is 169 Å². The fourth-order valence-corrected chi connectivity index (χ4v) is 3.21. The maximum absolute atomic E-state index is 12.9. The Hall–Kier alpha value is -2.33. The number of carbonyl (C=O) groups is 1. The summed E-state index contributed by atoms with van der Waals surface area (Å²) in [5, 5.41) is 3.02. The average molecular weight is 384 g/mol. The smallest absolute Gasteiger partial charge is 0.256 e. The number of rotatable bonds is 10. The van der Waals surface area contributed by atoms with Crippen LogP contribution >= 0.6 is 0 Å². The summed E-state index contributed by atoms with van der Waals surface area (Å²) >= 11 is 0. The lowest BCUT2D eigenvalue weighted by molar-refractivity contribution is -0.141. The summed E-state index contributed by atoms with van der Waals surface area (Å²) in [4.78, 5) is 12.9. The molecule has 0 aromatic heterocycles. The molecule has 0 spiro atoms. The van der Waals surface area contributed by atoms with Gasteiger partial charge >= 0.3 is 0 Å². The van der Waals surface area contributed by atoms with Crippen LogP contribution in [0.1, 0.15) is 51.7 Å². The van der Waals surface area contributed by atoms with Gasteiger partial charge in [0.05, 0.1) is 0 Å². The predicted octanol–water partition coefficient (Wildman–Crippen LogP) is 5.74. The molecule has 1 unspecified atom stereocenters. The van der Waals surface area contributed by atoms with Gasteiger partial charge in [0.25, 0.3) is 5.91 Å². The van der Waals surface area contributed by atoms with Crippen LogP contribution in [0.4, 0.5) is 5.69 Å². The number of nitrogens with one attached hydrogen (secondary N) is 1. The van der Waals surface area contributed by atoms with Gasteiger partial charge in [-0.05, 0) is 61.9 Å². The maximum Gasteiger partial charge on any atom is 0.256 e. The third-order valence-corrected chi connectivity index (χ3v) is 4.57. The van der Waals surface area contributed by atoms with E-state index in [1.807, 2.05) is 69.3 Å². The van der Waals surface area contributed by atoms with E-state index in [0.29, 0.717) is 25.6 Å². The van der Waals surface area contributed by atoms with Gasteiger partial charge < -0.3 is 14.8 Å². The molecule has 1 atom stereocenters. The monoisotopic (exact) mass is 383 g/mol. The minimum Gasteiger partial charge on any atom is -0.489 e. The van der Waals surface area contributed by atoms with Crippen LogP contribution in [0.5, 0.6) is 5.75 Å². The Morgan fingerprint density at radius 1 is 1.14 bits per heavy atom. The van der Waals surface area contributed by atoms with Crippen LogP contribution in [0.25, 0.3) is 0 Å².